The molecule has 0 aliphatic carbocycles. The van der Waals surface area contributed by atoms with Gasteiger partial charge >= 0.3 is 0 Å². The Morgan fingerprint density at radius 3 is 2.54 bits per heavy atom. The van der Waals surface area contributed by atoms with E-state index in [1.165, 1.54) is 18.4 Å². The van der Waals surface area contributed by atoms with Crippen LogP contribution in [0.2, 0.25) is 0 Å². The molecule has 4 heteroatoms. The lowest BCUT2D eigenvalue weighted by Gasteiger charge is -2.12. The maximum atomic E-state index is 11.9. The monoisotopic (exact) mass is 326 g/mol. The molecule has 128 valence electrons. The SMILES string of the molecule is CCCCc1ccc(Oc2cccc(NC(=O)C(N)CC)c2)cc1. The van der Waals surface area contributed by atoms with Gasteiger partial charge in [-0.05, 0) is 49.1 Å². The molecule has 1 unspecified atom stereocenters. The Morgan fingerprint density at radius 1 is 1.12 bits per heavy atom. The minimum Gasteiger partial charge on any atom is -0.457 e. The predicted molar refractivity (Wildman–Crippen MR) is 98.5 cm³/mol. The van der Waals surface area contributed by atoms with Crippen molar-refractivity contribution < 1.29 is 9.53 Å². The molecule has 0 bridgehead atoms. The van der Waals surface area contributed by atoms with E-state index in [1.54, 1.807) is 6.07 Å². The third kappa shape index (κ3) is 5.39. The van der Waals surface area contributed by atoms with Crippen LogP contribution in [-0.2, 0) is 11.2 Å². The summed E-state index contributed by atoms with van der Waals surface area (Å²) in [6, 6.07) is 15.0. The van der Waals surface area contributed by atoms with Gasteiger partial charge in [0.15, 0.2) is 0 Å². The van der Waals surface area contributed by atoms with Crippen LogP contribution in [0.4, 0.5) is 5.69 Å². The van der Waals surface area contributed by atoms with Gasteiger partial charge in [-0.2, -0.15) is 0 Å². The Bertz CT molecular complexity index is 653. The number of ether oxygens (including phenoxy) is 1. The zero-order valence-electron chi connectivity index (χ0n) is 14.4. The fourth-order valence-electron chi connectivity index (χ4n) is 2.30. The van der Waals surface area contributed by atoms with E-state index in [0.29, 0.717) is 17.9 Å². The summed E-state index contributed by atoms with van der Waals surface area (Å²) in [7, 11) is 0. The minimum absolute atomic E-state index is 0.185. The number of hydrogen-bond donors (Lipinski definition) is 2. The molecule has 0 heterocycles. The van der Waals surface area contributed by atoms with Crippen molar-refractivity contribution in [2.75, 3.05) is 5.32 Å². The van der Waals surface area contributed by atoms with E-state index in [1.807, 2.05) is 37.3 Å². The van der Waals surface area contributed by atoms with Gasteiger partial charge < -0.3 is 15.8 Å². The smallest absolute Gasteiger partial charge is 0.241 e. The highest BCUT2D eigenvalue weighted by atomic mass is 16.5. The zero-order valence-corrected chi connectivity index (χ0v) is 14.4. The van der Waals surface area contributed by atoms with Gasteiger partial charge in [-0.3, -0.25) is 4.79 Å². The summed E-state index contributed by atoms with van der Waals surface area (Å²) in [6.07, 6.45) is 4.09. The summed E-state index contributed by atoms with van der Waals surface area (Å²) in [5.41, 5.74) is 7.73. The van der Waals surface area contributed by atoms with Gasteiger partial charge in [0, 0.05) is 11.8 Å². The highest BCUT2D eigenvalue weighted by Crippen LogP contribution is 2.25. The summed E-state index contributed by atoms with van der Waals surface area (Å²) < 4.78 is 5.86. The Morgan fingerprint density at radius 2 is 1.88 bits per heavy atom. The van der Waals surface area contributed by atoms with Crippen molar-refractivity contribution in [2.45, 2.75) is 45.6 Å². The number of nitrogens with two attached hydrogens (primary N) is 1. The molecular formula is C20H26N2O2. The number of carbonyl (C=O) groups excluding carboxylic acids is 1. The van der Waals surface area contributed by atoms with Crippen molar-refractivity contribution in [3.05, 3.63) is 54.1 Å². The molecule has 4 nitrogen and oxygen atoms in total. The third-order valence-corrected chi connectivity index (χ3v) is 3.86. The van der Waals surface area contributed by atoms with Crippen LogP contribution in [0.5, 0.6) is 11.5 Å². The Kier molecular flexibility index (Phi) is 6.82. The van der Waals surface area contributed by atoms with Crippen molar-refractivity contribution in [3.8, 4) is 11.5 Å². The third-order valence-electron chi connectivity index (χ3n) is 3.86. The van der Waals surface area contributed by atoms with E-state index >= 15 is 0 Å². The maximum Gasteiger partial charge on any atom is 0.241 e. The normalized spacial score (nSPS) is 11.8. The van der Waals surface area contributed by atoms with Gasteiger partial charge in [-0.15, -0.1) is 0 Å². The van der Waals surface area contributed by atoms with Crippen LogP contribution < -0.4 is 15.8 Å². The van der Waals surface area contributed by atoms with Gasteiger partial charge in [0.05, 0.1) is 6.04 Å². The largest absolute Gasteiger partial charge is 0.457 e. The van der Waals surface area contributed by atoms with Crippen LogP contribution in [0.25, 0.3) is 0 Å². The van der Waals surface area contributed by atoms with Gasteiger partial charge in [0.1, 0.15) is 11.5 Å². The molecule has 0 fully saturated rings. The van der Waals surface area contributed by atoms with Crippen molar-refractivity contribution in [1.82, 2.24) is 0 Å². The molecular weight excluding hydrogens is 300 g/mol. The Hall–Kier alpha value is -2.33. The number of anilines is 1. The maximum absolute atomic E-state index is 11.9. The molecule has 2 aromatic rings. The summed E-state index contributed by atoms with van der Waals surface area (Å²) in [6.45, 7) is 4.07. The first-order valence-electron chi connectivity index (χ1n) is 8.55. The topological polar surface area (TPSA) is 64.3 Å². The Balaban J connectivity index is 2.00. The molecule has 0 saturated carbocycles. The van der Waals surface area contributed by atoms with Crippen molar-refractivity contribution in [3.63, 3.8) is 0 Å². The highest BCUT2D eigenvalue weighted by molar-refractivity contribution is 5.94. The number of rotatable bonds is 8. The molecule has 0 saturated heterocycles. The quantitative estimate of drug-likeness (QED) is 0.751. The highest BCUT2D eigenvalue weighted by Gasteiger charge is 2.11. The summed E-state index contributed by atoms with van der Waals surface area (Å²) in [4.78, 5) is 11.9. The zero-order chi connectivity index (χ0) is 17.4. The van der Waals surface area contributed by atoms with Crippen LogP contribution in [0.3, 0.4) is 0 Å². The fraction of sp³-hybridized carbons (Fsp3) is 0.350. The first-order chi connectivity index (χ1) is 11.6. The van der Waals surface area contributed by atoms with Crippen molar-refractivity contribution >= 4 is 11.6 Å². The van der Waals surface area contributed by atoms with Crippen LogP contribution in [0.1, 0.15) is 38.7 Å². The van der Waals surface area contributed by atoms with E-state index in [4.69, 9.17) is 10.5 Å². The van der Waals surface area contributed by atoms with Crippen LogP contribution in [0, 0.1) is 0 Å². The molecule has 0 radical (unpaired) electrons. The van der Waals surface area contributed by atoms with Crippen LogP contribution >= 0.6 is 0 Å². The average molecular weight is 326 g/mol. The second-order valence-corrected chi connectivity index (χ2v) is 5.88. The van der Waals surface area contributed by atoms with Gasteiger partial charge in [-0.1, -0.05) is 38.5 Å². The standard InChI is InChI=1S/C20H26N2O2/c1-3-5-7-15-10-12-17(13-11-15)24-18-9-6-8-16(14-18)22-20(23)19(21)4-2/h6,8-14,19H,3-5,7,21H2,1-2H3,(H,22,23). The number of aryl methyl sites for hydroxylation is 1. The molecule has 0 aromatic heterocycles. The van der Waals surface area contributed by atoms with Crippen molar-refractivity contribution in [2.24, 2.45) is 5.73 Å². The molecule has 1 amide bonds. The van der Waals surface area contributed by atoms with Gasteiger partial charge in [-0.25, -0.2) is 0 Å². The molecule has 0 aliphatic rings. The number of hydrogen-bond acceptors (Lipinski definition) is 3. The number of amides is 1. The molecule has 0 spiro atoms. The summed E-state index contributed by atoms with van der Waals surface area (Å²) in [5, 5.41) is 2.81. The molecule has 2 rings (SSSR count). The van der Waals surface area contributed by atoms with E-state index in [-0.39, 0.29) is 5.91 Å². The van der Waals surface area contributed by atoms with Gasteiger partial charge in [0.2, 0.25) is 5.91 Å². The molecule has 3 N–H and O–H groups in total. The number of nitrogens with one attached hydrogen (secondary N) is 1. The molecule has 2 aromatic carbocycles. The number of benzene rings is 2. The van der Waals surface area contributed by atoms with E-state index in [2.05, 4.69) is 24.4 Å². The number of unbranched alkanes of at least 4 members (excludes halogenated alkanes) is 1. The van der Waals surface area contributed by atoms with Crippen LogP contribution in [-0.4, -0.2) is 11.9 Å². The van der Waals surface area contributed by atoms with E-state index in [0.717, 1.165) is 12.2 Å². The Labute approximate surface area is 144 Å². The second-order valence-electron chi connectivity index (χ2n) is 5.88. The lowest BCUT2D eigenvalue weighted by molar-refractivity contribution is -0.117. The molecule has 1 atom stereocenters. The average Bonchev–Trinajstić information content (AvgIpc) is 2.60. The first kappa shape index (κ1) is 18.0. The van der Waals surface area contributed by atoms with E-state index in [9.17, 15) is 4.79 Å². The lowest BCUT2D eigenvalue weighted by atomic mass is 10.1. The first-order valence-corrected chi connectivity index (χ1v) is 8.55. The summed E-state index contributed by atoms with van der Waals surface area (Å²) in [5.74, 6) is 1.28. The fourth-order valence-corrected chi connectivity index (χ4v) is 2.30. The van der Waals surface area contributed by atoms with E-state index < -0.39 is 6.04 Å². The van der Waals surface area contributed by atoms with Crippen LogP contribution in [0.15, 0.2) is 48.5 Å². The molecule has 0 aliphatic heterocycles. The lowest BCUT2D eigenvalue weighted by Crippen LogP contribution is -2.34. The minimum atomic E-state index is -0.495. The number of carbonyl (C=O) groups is 1. The second kappa shape index (κ2) is 9.08. The molecule has 24 heavy (non-hydrogen) atoms. The van der Waals surface area contributed by atoms with Gasteiger partial charge in [0.25, 0.3) is 0 Å². The summed E-state index contributed by atoms with van der Waals surface area (Å²) >= 11 is 0. The predicted octanol–water partition coefficient (Wildman–Crippen LogP) is 4.50. The van der Waals surface area contributed by atoms with Crippen molar-refractivity contribution in [1.29, 1.82) is 0 Å².